The van der Waals surface area contributed by atoms with Crippen LogP contribution in [0.25, 0.3) is 0 Å². The third kappa shape index (κ3) is 3.17. The average molecular weight is 216 g/mol. The molecule has 2 aromatic rings. The second-order valence-electron chi connectivity index (χ2n) is 3.90. The minimum Gasteiger partial charge on any atom is -0.336 e. The molecule has 1 atom stereocenters. The molecular formula is C12H16N4. The van der Waals surface area contributed by atoms with Gasteiger partial charge in [0.15, 0.2) is 0 Å². The van der Waals surface area contributed by atoms with E-state index in [9.17, 15) is 0 Å². The molecule has 2 aromatic heterocycles. The fourth-order valence-corrected chi connectivity index (χ4v) is 1.57. The summed E-state index contributed by atoms with van der Waals surface area (Å²) in [6.45, 7) is 3.98. The van der Waals surface area contributed by atoms with E-state index in [1.54, 1.807) is 6.20 Å². The summed E-state index contributed by atoms with van der Waals surface area (Å²) < 4.78 is 2.07. The van der Waals surface area contributed by atoms with E-state index in [1.807, 2.05) is 37.1 Å². The molecule has 2 rings (SSSR count). The number of imidazole rings is 1. The normalized spacial score (nSPS) is 12.6. The van der Waals surface area contributed by atoms with Gasteiger partial charge in [0.25, 0.3) is 0 Å². The Morgan fingerprint density at radius 2 is 2.06 bits per heavy atom. The van der Waals surface area contributed by atoms with Crippen LogP contribution in [0, 0.1) is 0 Å². The van der Waals surface area contributed by atoms with Crippen LogP contribution in [-0.4, -0.2) is 20.6 Å². The first kappa shape index (κ1) is 10.8. The number of pyridine rings is 1. The van der Waals surface area contributed by atoms with E-state index in [4.69, 9.17) is 0 Å². The fourth-order valence-electron chi connectivity index (χ4n) is 1.57. The molecule has 4 nitrogen and oxygen atoms in total. The van der Waals surface area contributed by atoms with Gasteiger partial charge in [0.2, 0.25) is 0 Å². The molecular weight excluding hydrogens is 200 g/mol. The van der Waals surface area contributed by atoms with Crippen LogP contribution in [-0.2, 0) is 13.1 Å². The third-order valence-corrected chi connectivity index (χ3v) is 2.45. The monoisotopic (exact) mass is 216 g/mol. The Hall–Kier alpha value is -1.68. The Morgan fingerprint density at radius 3 is 2.75 bits per heavy atom. The van der Waals surface area contributed by atoms with Gasteiger partial charge in [-0.2, -0.15) is 0 Å². The average Bonchev–Trinajstić information content (AvgIpc) is 2.81. The van der Waals surface area contributed by atoms with E-state index >= 15 is 0 Å². The largest absolute Gasteiger partial charge is 0.336 e. The van der Waals surface area contributed by atoms with Gasteiger partial charge < -0.3 is 9.88 Å². The Morgan fingerprint density at radius 1 is 1.25 bits per heavy atom. The quantitative estimate of drug-likeness (QED) is 0.822. The SMILES string of the molecule is CC(Cn1ccnc1)NCc1ccncc1. The second kappa shape index (κ2) is 5.42. The molecule has 0 spiro atoms. The van der Waals surface area contributed by atoms with Gasteiger partial charge in [0.05, 0.1) is 6.33 Å². The maximum atomic E-state index is 4.02. The molecule has 0 aliphatic carbocycles. The Labute approximate surface area is 95.4 Å². The molecule has 0 aromatic carbocycles. The molecule has 84 valence electrons. The zero-order chi connectivity index (χ0) is 11.2. The van der Waals surface area contributed by atoms with Crippen LogP contribution < -0.4 is 5.32 Å². The van der Waals surface area contributed by atoms with Gasteiger partial charge in [0, 0.05) is 43.9 Å². The summed E-state index contributed by atoms with van der Waals surface area (Å²) in [4.78, 5) is 8.01. The van der Waals surface area contributed by atoms with Crippen LogP contribution in [0.2, 0.25) is 0 Å². The number of aromatic nitrogens is 3. The number of nitrogens with one attached hydrogen (secondary N) is 1. The topological polar surface area (TPSA) is 42.7 Å². The zero-order valence-corrected chi connectivity index (χ0v) is 9.37. The molecule has 1 N–H and O–H groups in total. The van der Waals surface area contributed by atoms with Crippen molar-refractivity contribution in [3.05, 3.63) is 48.8 Å². The lowest BCUT2D eigenvalue weighted by Gasteiger charge is -2.14. The van der Waals surface area contributed by atoms with Gasteiger partial charge in [-0.15, -0.1) is 0 Å². The van der Waals surface area contributed by atoms with Gasteiger partial charge in [-0.1, -0.05) is 0 Å². The molecule has 0 aliphatic heterocycles. The van der Waals surface area contributed by atoms with E-state index < -0.39 is 0 Å². The molecule has 16 heavy (non-hydrogen) atoms. The van der Waals surface area contributed by atoms with E-state index in [-0.39, 0.29) is 0 Å². The van der Waals surface area contributed by atoms with Crippen molar-refractivity contribution in [2.75, 3.05) is 0 Å². The molecule has 0 bridgehead atoms. The van der Waals surface area contributed by atoms with Gasteiger partial charge in [-0.25, -0.2) is 4.98 Å². The molecule has 0 saturated heterocycles. The molecule has 0 aliphatic rings. The zero-order valence-electron chi connectivity index (χ0n) is 9.37. The smallest absolute Gasteiger partial charge is 0.0946 e. The number of rotatable bonds is 5. The lowest BCUT2D eigenvalue weighted by molar-refractivity contribution is 0.476. The van der Waals surface area contributed by atoms with E-state index in [0.29, 0.717) is 6.04 Å². The Bertz CT molecular complexity index is 396. The van der Waals surface area contributed by atoms with Gasteiger partial charge in [-0.05, 0) is 24.6 Å². The van der Waals surface area contributed by atoms with Crippen LogP contribution in [0.15, 0.2) is 43.2 Å². The van der Waals surface area contributed by atoms with Crippen molar-refractivity contribution < 1.29 is 0 Å². The summed E-state index contributed by atoms with van der Waals surface area (Å²) in [6, 6.07) is 4.47. The highest BCUT2D eigenvalue weighted by molar-refractivity contribution is 5.09. The molecule has 0 amide bonds. The number of hydrogen-bond acceptors (Lipinski definition) is 3. The summed E-state index contributed by atoms with van der Waals surface area (Å²) in [5.74, 6) is 0. The van der Waals surface area contributed by atoms with Crippen molar-refractivity contribution in [1.29, 1.82) is 0 Å². The minimum absolute atomic E-state index is 0.419. The third-order valence-electron chi connectivity index (χ3n) is 2.45. The predicted octanol–water partition coefficient (Wildman–Crippen LogP) is 1.46. The Balaban J connectivity index is 1.78. The lowest BCUT2D eigenvalue weighted by atomic mass is 10.2. The lowest BCUT2D eigenvalue weighted by Crippen LogP contribution is -2.29. The maximum absolute atomic E-state index is 4.02. The van der Waals surface area contributed by atoms with E-state index in [1.165, 1.54) is 5.56 Å². The first-order valence-electron chi connectivity index (χ1n) is 5.42. The van der Waals surface area contributed by atoms with Crippen LogP contribution in [0.1, 0.15) is 12.5 Å². The summed E-state index contributed by atoms with van der Waals surface area (Å²) in [5, 5.41) is 3.46. The number of hydrogen-bond donors (Lipinski definition) is 1. The minimum atomic E-state index is 0.419. The van der Waals surface area contributed by atoms with Gasteiger partial charge >= 0.3 is 0 Å². The fraction of sp³-hybridized carbons (Fsp3) is 0.333. The van der Waals surface area contributed by atoms with Crippen molar-refractivity contribution in [3.63, 3.8) is 0 Å². The van der Waals surface area contributed by atoms with Crippen molar-refractivity contribution >= 4 is 0 Å². The summed E-state index contributed by atoms with van der Waals surface area (Å²) >= 11 is 0. The van der Waals surface area contributed by atoms with Crippen molar-refractivity contribution in [3.8, 4) is 0 Å². The molecule has 4 heteroatoms. The Kier molecular flexibility index (Phi) is 3.66. The van der Waals surface area contributed by atoms with Gasteiger partial charge in [-0.3, -0.25) is 4.98 Å². The van der Waals surface area contributed by atoms with Crippen molar-refractivity contribution in [2.45, 2.75) is 26.1 Å². The van der Waals surface area contributed by atoms with Crippen LogP contribution in [0.3, 0.4) is 0 Å². The van der Waals surface area contributed by atoms with Crippen LogP contribution >= 0.6 is 0 Å². The maximum Gasteiger partial charge on any atom is 0.0946 e. The van der Waals surface area contributed by atoms with Crippen molar-refractivity contribution in [2.24, 2.45) is 0 Å². The summed E-state index contributed by atoms with van der Waals surface area (Å²) in [7, 11) is 0. The van der Waals surface area contributed by atoms with E-state index in [2.05, 4.69) is 26.8 Å². The van der Waals surface area contributed by atoms with Crippen LogP contribution in [0.5, 0.6) is 0 Å². The summed E-state index contributed by atoms with van der Waals surface area (Å²) in [6.07, 6.45) is 9.25. The van der Waals surface area contributed by atoms with Crippen LogP contribution in [0.4, 0.5) is 0 Å². The predicted molar refractivity (Wildman–Crippen MR) is 62.8 cm³/mol. The molecule has 0 saturated carbocycles. The van der Waals surface area contributed by atoms with E-state index in [0.717, 1.165) is 13.1 Å². The number of nitrogens with zero attached hydrogens (tertiary/aromatic N) is 3. The highest BCUT2D eigenvalue weighted by Crippen LogP contribution is 1.97. The highest BCUT2D eigenvalue weighted by atomic mass is 15.1. The molecule has 2 heterocycles. The first-order valence-corrected chi connectivity index (χ1v) is 5.42. The molecule has 0 fully saturated rings. The molecule has 0 radical (unpaired) electrons. The summed E-state index contributed by atoms with van der Waals surface area (Å²) in [5.41, 5.74) is 1.26. The molecule has 1 unspecified atom stereocenters. The van der Waals surface area contributed by atoms with Crippen molar-refractivity contribution in [1.82, 2.24) is 19.9 Å². The van der Waals surface area contributed by atoms with Gasteiger partial charge in [0.1, 0.15) is 0 Å². The standard InChI is InChI=1S/C12H16N4/c1-11(9-16-7-6-14-10-16)15-8-12-2-4-13-5-3-12/h2-7,10-11,15H,8-9H2,1H3. The first-order chi connectivity index (χ1) is 7.84. The highest BCUT2D eigenvalue weighted by Gasteiger charge is 2.01. The second-order valence-corrected chi connectivity index (χ2v) is 3.90.